The number of nitrogens with zero attached hydrogens (tertiary/aromatic N) is 2. The Balaban J connectivity index is 2.81. The predicted octanol–water partition coefficient (Wildman–Crippen LogP) is -0.548. The van der Waals surface area contributed by atoms with E-state index in [2.05, 4.69) is 15.6 Å². The van der Waals surface area contributed by atoms with Gasteiger partial charge in [-0.15, -0.1) is 5.10 Å². The maximum atomic E-state index is 11.4. The summed E-state index contributed by atoms with van der Waals surface area (Å²) in [5, 5.41) is 6.33. The number of carbonyl (C=O) groups is 1. The third kappa shape index (κ3) is 2.86. The summed E-state index contributed by atoms with van der Waals surface area (Å²) in [6.07, 6.45) is 0.824. The standard InChI is InChI=1S/C8H15N5O2S/c1-3-4-13-7(15)11-12-8(13)16-5(2)6(14)10-9/h5H,3-4,9H2,1-2H3,(H,10,14)(H,11,15). The first kappa shape index (κ1) is 12.8. The van der Waals surface area contributed by atoms with Gasteiger partial charge in [0.2, 0.25) is 5.91 Å². The third-order valence-electron chi connectivity index (χ3n) is 1.96. The van der Waals surface area contributed by atoms with Crippen LogP contribution in [0.2, 0.25) is 0 Å². The van der Waals surface area contributed by atoms with Gasteiger partial charge in [-0.1, -0.05) is 18.7 Å². The zero-order valence-electron chi connectivity index (χ0n) is 9.19. The highest BCUT2D eigenvalue weighted by atomic mass is 32.2. The van der Waals surface area contributed by atoms with E-state index >= 15 is 0 Å². The normalized spacial score (nSPS) is 12.4. The first-order chi connectivity index (χ1) is 7.60. The second kappa shape index (κ2) is 5.71. The second-order valence-electron chi connectivity index (χ2n) is 3.23. The number of hydrazine groups is 1. The smallest absolute Gasteiger partial charge is 0.293 e. The number of carbonyl (C=O) groups excluding carboxylic acids is 1. The van der Waals surface area contributed by atoms with E-state index in [1.54, 1.807) is 6.92 Å². The maximum Gasteiger partial charge on any atom is 0.343 e. The molecule has 0 aliphatic rings. The second-order valence-corrected chi connectivity index (χ2v) is 4.54. The van der Waals surface area contributed by atoms with Gasteiger partial charge in [0, 0.05) is 6.54 Å². The van der Waals surface area contributed by atoms with Gasteiger partial charge >= 0.3 is 5.69 Å². The number of nitrogens with two attached hydrogens (primary N) is 1. The fourth-order valence-corrected chi connectivity index (χ4v) is 2.03. The Morgan fingerprint density at radius 1 is 1.75 bits per heavy atom. The molecule has 90 valence electrons. The van der Waals surface area contributed by atoms with Crippen LogP contribution in [0.1, 0.15) is 20.3 Å². The number of thioether (sulfide) groups is 1. The molecule has 4 N–H and O–H groups in total. The van der Waals surface area contributed by atoms with Crippen molar-refractivity contribution >= 4 is 17.7 Å². The molecular formula is C8H15N5O2S. The quantitative estimate of drug-likeness (QED) is 0.279. The zero-order valence-corrected chi connectivity index (χ0v) is 10.0. The highest BCUT2D eigenvalue weighted by molar-refractivity contribution is 8.00. The van der Waals surface area contributed by atoms with E-state index in [1.807, 2.05) is 6.92 Å². The molecule has 1 aromatic heterocycles. The van der Waals surface area contributed by atoms with Crippen molar-refractivity contribution in [3.05, 3.63) is 10.5 Å². The lowest BCUT2D eigenvalue weighted by Gasteiger charge is -2.08. The highest BCUT2D eigenvalue weighted by Gasteiger charge is 2.17. The minimum atomic E-state index is -0.393. The van der Waals surface area contributed by atoms with Crippen molar-refractivity contribution in [1.82, 2.24) is 20.2 Å². The topological polar surface area (TPSA) is 106 Å². The van der Waals surface area contributed by atoms with Gasteiger partial charge in [0.1, 0.15) is 0 Å². The number of hydrogen-bond acceptors (Lipinski definition) is 5. The van der Waals surface area contributed by atoms with Gasteiger partial charge < -0.3 is 0 Å². The summed E-state index contributed by atoms with van der Waals surface area (Å²) in [7, 11) is 0. The summed E-state index contributed by atoms with van der Waals surface area (Å²) >= 11 is 1.19. The summed E-state index contributed by atoms with van der Waals surface area (Å²) in [6.45, 7) is 4.24. The van der Waals surface area contributed by atoms with Crippen LogP contribution in [-0.4, -0.2) is 25.9 Å². The molecule has 1 aromatic rings. The van der Waals surface area contributed by atoms with Gasteiger partial charge in [0.15, 0.2) is 5.16 Å². The molecule has 0 aliphatic carbocycles. The van der Waals surface area contributed by atoms with Crippen LogP contribution in [0.15, 0.2) is 9.95 Å². The van der Waals surface area contributed by atoms with Crippen molar-refractivity contribution in [2.45, 2.75) is 37.2 Å². The Kier molecular flexibility index (Phi) is 4.56. The van der Waals surface area contributed by atoms with Crippen molar-refractivity contribution in [1.29, 1.82) is 0 Å². The molecule has 0 saturated heterocycles. The third-order valence-corrected chi connectivity index (χ3v) is 3.05. The Hall–Kier alpha value is -1.28. The summed E-state index contributed by atoms with van der Waals surface area (Å²) in [5.74, 6) is 4.72. The van der Waals surface area contributed by atoms with Gasteiger partial charge in [-0.25, -0.2) is 15.7 Å². The van der Waals surface area contributed by atoms with Crippen LogP contribution in [-0.2, 0) is 11.3 Å². The molecule has 0 radical (unpaired) electrons. The molecule has 1 rings (SSSR count). The minimum absolute atomic E-state index is 0.260. The first-order valence-corrected chi connectivity index (χ1v) is 5.80. The Morgan fingerprint density at radius 2 is 2.44 bits per heavy atom. The Labute approximate surface area is 96.8 Å². The van der Waals surface area contributed by atoms with Gasteiger partial charge in [-0.2, -0.15) is 0 Å². The van der Waals surface area contributed by atoms with E-state index in [1.165, 1.54) is 16.3 Å². The number of amides is 1. The lowest BCUT2D eigenvalue weighted by atomic mass is 10.5. The van der Waals surface area contributed by atoms with Crippen molar-refractivity contribution in [3.63, 3.8) is 0 Å². The van der Waals surface area contributed by atoms with Gasteiger partial charge in [-0.3, -0.25) is 14.8 Å². The molecule has 0 fully saturated rings. The predicted molar refractivity (Wildman–Crippen MR) is 60.8 cm³/mol. The van der Waals surface area contributed by atoms with E-state index < -0.39 is 5.25 Å². The fourth-order valence-electron chi connectivity index (χ4n) is 1.14. The maximum absolute atomic E-state index is 11.4. The highest BCUT2D eigenvalue weighted by Crippen LogP contribution is 2.19. The van der Waals surface area contributed by atoms with Gasteiger partial charge in [0.05, 0.1) is 5.25 Å². The van der Waals surface area contributed by atoms with Crippen LogP contribution < -0.4 is 17.0 Å². The van der Waals surface area contributed by atoms with E-state index in [-0.39, 0.29) is 11.6 Å². The molecule has 1 atom stereocenters. The number of H-pyrrole nitrogens is 1. The monoisotopic (exact) mass is 245 g/mol. The number of hydrogen-bond donors (Lipinski definition) is 3. The first-order valence-electron chi connectivity index (χ1n) is 4.92. The van der Waals surface area contributed by atoms with Crippen molar-refractivity contribution in [2.24, 2.45) is 5.84 Å². The molecule has 0 bridgehead atoms. The average molecular weight is 245 g/mol. The molecule has 1 unspecified atom stereocenters. The molecule has 0 aromatic carbocycles. The molecule has 8 heteroatoms. The van der Waals surface area contributed by atoms with Gasteiger partial charge in [0.25, 0.3) is 0 Å². The van der Waals surface area contributed by atoms with Crippen LogP contribution >= 0.6 is 11.8 Å². The SMILES string of the molecule is CCCn1c(SC(C)C(=O)NN)n[nH]c1=O. The summed E-state index contributed by atoms with van der Waals surface area (Å²) < 4.78 is 1.50. The van der Waals surface area contributed by atoms with Crippen molar-refractivity contribution < 1.29 is 4.79 Å². The molecule has 0 aliphatic heterocycles. The zero-order chi connectivity index (χ0) is 12.1. The van der Waals surface area contributed by atoms with Crippen LogP contribution in [0.3, 0.4) is 0 Å². The minimum Gasteiger partial charge on any atom is -0.293 e. The van der Waals surface area contributed by atoms with E-state index in [0.717, 1.165) is 6.42 Å². The Bertz CT molecular complexity index is 413. The van der Waals surface area contributed by atoms with Crippen molar-refractivity contribution in [2.75, 3.05) is 0 Å². The number of aromatic nitrogens is 3. The summed E-state index contributed by atoms with van der Waals surface area (Å²) in [4.78, 5) is 22.6. The molecule has 0 spiro atoms. The lowest BCUT2D eigenvalue weighted by molar-refractivity contribution is -0.120. The van der Waals surface area contributed by atoms with Gasteiger partial charge in [-0.05, 0) is 13.3 Å². The molecule has 7 nitrogen and oxygen atoms in total. The lowest BCUT2D eigenvalue weighted by Crippen LogP contribution is -2.36. The van der Waals surface area contributed by atoms with Crippen molar-refractivity contribution in [3.8, 4) is 0 Å². The van der Waals surface area contributed by atoms with E-state index in [0.29, 0.717) is 11.7 Å². The Morgan fingerprint density at radius 3 is 3.00 bits per heavy atom. The number of nitrogens with one attached hydrogen (secondary N) is 2. The molecule has 1 heterocycles. The van der Waals surface area contributed by atoms with Crippen LogP contribution in [0.25, 0.3) is 0 Å². The van der Waals surface area contributed by atoms with E-state index in [4.69, 9.17) is 5.84 Å². The molecular weight excluding hydrogens is 230 g/mol. The fraction of sp³-hybridized carbons (Fsp3) is 0.625. The van der Waals surface area contributed by atoms with E-state index in [9.17, 15) is 9.59 Å². The number of rotatable bonds is 5. The summed E-state index contributed by atoms with van der Waals surface area (Å²) in [6, 6.07) is 0. The molecule has 1 amide bonds. The summed E-state index contributed by atoms with van der Waals surface area (Å²) in [5.41, 5.74) is 1.80. The van der Waals surface area contributed by atoms with Crippen LogP contribution in [0, 0.1) is 0 Å². The van der Waals surface area contributed by atoms with Crippen LogP contribution in [0.5, 0.6) is 0 Å². The largest absolute Gasteiger partial charge is 0.343 e. The molecule has 16 heavy (non-hydrogen) atoms. The number of aromatic amines is 1. The molecule has 0 saturated carbocycles. The average Bonchev–Trinajstić information content (AvgIpc) is 2.61. The van der Waals surface area contributed by atoms with Crippen LogP contribution in [0.4, 0.5) is 0 Å².